The van der Waals surface area contributed by atoms with Crippen LogP contribution in [-0.4, -0.2) is 16.2 Å². The van der Waals surface area contributed by atoms with Gasteiger partial charge in [-0.15, -0.1) is 0 Å². The van der Waals surface area contributed by atoms with E-state index in [-0.39, 0.29) is 11.1 Å². The molecule has 3 fully saturated rings. The molecule has 0 saturated heterocycles. The first-order valence-electron chi connectivity index (χ1n) is 3.06. The van der Waals surface area contributed by atoms with Crippen LogP contribution in [0.5, 0.6) is 0 Å². The van der Waals surface area contributed by atoms with E-state index in [4.69, 9.17) is 5.73 Å². The zero-order valence-corrected chi connectivity index (χ0v) is 5.87. The van der Waals surface area contributed by atoms with Crippen LogP contribution >= 0.6 is 12.2 Å². The molecule has 3 heteroatoms. The monoisotopic (exact) mass is 140 g/mol. The Kier molecular flexibility index (Phi) is 0.777. The fourth-order valence-electron chi connectivity index (χ4n) is 2.03. The molecule has 0 unspecified atom stereocenters. The number of hydrogen-bond acceptors (Lipinski definition) is 3. The normalized spacial score (nSPS) is 52.6. The third kappa shape index (κ3) is 0.544. The summed E-state index contributed by atoms with van der Waals surface area (Å²) in [5.74, 6) is 0. The lowest BCUT2D eigenvalue weighted by Crippen LogP contribution is -2.75. The van der Waals surface area contributed by atoms with Gasteiger partial charge in [0.25, 0.3) is 0 Å². The standard InChI is InChI=1S/C6H8N2S/c7-5-1-6(2-5,3-5)8-4-9/h1-3,7H2. The molecule has 0 aliphatic heterocycles. The highest BCUT2D eigenvalue weighted by molar-refractivity contribution is 7.78. The molecule has 3 rings (SSSR count). The van der Waals surface area contributed by atoms with Crippen molar-refractivity contribution in [2.75, 3.05) is 0 Å². The van der Waals surface area contributed by atoms with Crippen LogP contribution in [-0.2, 0) is 0 Å². The van der Waals surface area contributed by atoms with Crippen LogP contribution in [0.1, 0.15) is 19.3 Å². The maximum absolute atomic E-state index is 5.78. The molecule has 0 atom stereocenters. The Morgan fingerprint density at radius 3 is 2.33 bits per heavy atom. The largest absolute Gasteiger partial charge is 0.325 e. The van der Waals surface area contributed by atoms with E-state index in [2.05, 4.69) is 22.4 Å². The molecule has 0 aromatic rings. The van der Waals surface area contributed by atoms with Gasteiger partial charge >= 0.3 is 0 Å². The average molecular weight is 140 g/mol. The lowest BCUT2D eigenvalue weighted by atomic mass is 9.45. The molecule has 0 heterocycles. The van der Waals surface area contributed by atoms with E-state index < -0.39 is 0 Å². The number of hydrogen-bond donors (Lipinski definition) is 1. The molecule has 0 aromatic heterocycles. The highest BCUT2D eigenvalue weighted by Gasteiger charge is 2.66. The fourth-order valence-corrected chi connectivity index (χ4v) is 2.22. The van der Waals surface area contributed by atoms with E-state index in [9.17, 15) is 0 Å². The summed E-state index contributed by atoms with van der Waals surface area (Å²) in [5.41, 5.74) is 6.09. The zero-order valence-electron chi connectivity index (χ0n) is 5.05. The Hall–Kier alpha value is -0.240. The van der Waals surface area contributed by atoms with Crippen molar-refractivity contribution in [1.29, 1.82) is 0 Å². The second-order valence-electron chi connectivity index (χ2n) is 3.32. The second-order valence-corrected chi connectivity index (χ2v) is 3.50. The van der Waals surface area contributed by atoms with E-state index in [1.54, 1.807) is 0 Å². The number of aliphatic imine (C=N–C) groups is 1. The summed E-state index contributed by atoms with van der Waals surface area (Å²) in [6.07, 6.45) is 3.09. The van der Waals surface area contributed by atoms with Gasteiger partial charge in [0.15, 0.2) is 0 Å². The van der Waals surface area contributed by atoms with Crippen LogP contribution in [0.4, 0.5) is 0 Å². The van der Waals surface area contributed by atoms with Crippen LogP contribution in [0.3, 0.4) is 0 Å². The topological polar surface area (TPSA) is 38.4 Å². The molecular weight excluding hydrogens is 132 g/mol. The van der Waals surface area contributed by atoms with Gasteiger partial charge in [0.05, 0.1) is 10.7 Å². The maximum Gasteiger partial charge on any atom is 0.0763 e. The van der Waals surface area contributed by atoms with Gasteiger partial charge in [0.2, 0.25) is 0 Å². The molecule has 2 bridgehead atoms. The summed E-state index contributed by atoms with van der Waals surface area (Å²) in [4.78, 5) is 4.06. The maximum atomic E-state index is 5.78. The summed E-state index contributed by atoms with van der Waals surface area (Å²) in [5, 5.41) is 2.42. The first-order valence-corrected chi connectivity index (χ1v) is 3.47. The van der Waals surface area contributed by atoms with Crippen molar-refractivity contribution in [2.45, 2.75) is 30.3 Å². The number of nitrogens with two attached hydrogens (primary N) is 1. The van der Waals surface area contributed by atoms with E-state index in [0.29, 0.717) is 0 Å². The van der Waals surface area contributed by atoms with Crippen molar-refractivity contribution < 1.29 is 0 Å². The van der Waals surface area contributed by atoms with Gasteiger partial charge in [-0.1, -0.05) is 0 Å². The van der Waals surface area contributed by atoms with Gasteiger partial charge in [0, 0.05) is 5.54 Å². The first-order chi connectivity index (χ1) is 4.18. The van der Waals surface area contributed by atoms with Crippen molar-refractivity contribution >= 4 is 17.4 Å². The number of rotatable bonds is 1. The third-order valence-corrected chi connectivity index (χ3v) is 2.42. The Balaban J connectivity index is 2.12. The second kappa shape index (κ2) is 1.26. The van der Waals surface area contributed by atoms with Crippen molar-refractivity contribution in [1.82, 2.24) is 0 Å². The Morgan fingerprint density at radius 2 is 2.00 bits per heavy atom. The number of isothiocyanates is 1. The molecule has 0 spiro atoms. The summed E-state index contributed by atoms with van der Waals surface area (Å²) >= 11 is 4.50. The predicted octanol–water partition coefficient (Wildman–Crippen LogP) is 0.723. The van der Waals surface area contributed by atoms with Crippen LogP contribution < -0.4 is 5.73 Å². The van der Waals surface area contributed by atoms with E-state index in [0.717, 1.165) is 19.3 Å². The molecule has 2 nitrogen and oxygen atoms in total. The minimum absolute atomic E-state index is 0.148. The summed E-state index contributed by atoms with van der Waals surface area (Å²) < 4.78 is 0. The quantitative estimate of drug-likeness (QED) is 0.430. The van der Waals surface area contributed by atoms with Crippen molar-refractivity contribution in [3.8, 4) is 0 Å². The van der Waals surface area contributed by atoms with E-state index in [1.165, 1.54) is 0 Å². The smallest absolute Gasteiger partial charge is 0.0763 e. The van der Waals surface area contributed by atoms with Crippen molar-refractivity contribution in [3.63, 3.8) is 0 Å². The molecule has 48 valence electrons. The number of thiocarbonyl (C=S) groups is 1. The molecule has 3 aliphatic carbocycles. The Morgan fingerprint density at radius 1 is 1.44 bits per heavy atom. The summed E-state index contributed by atoms with van der Waals surface area (Å²) in [7, 11) is 0. The van der Waals surface area contributed by atoms with Crippen LogP contribution in [0.25, 0.3) is 0 Å². The highest BCUT2D eigenvalue weighted by Crippen LogP contribution is 2.60. The van der Waals surface area contributed by atoms with Gasteiger partial charge in [-0.05, 0) is 31.5 Å². The number of nitrogens with zero attached hydrogens (tertiary/aromatic N) is 1. The van der Waals surface area contributed by atoms with Gasteiger partial charge in [0.1, 0.15) is 0 Å². The Labute approximate surface area is 59.1 Å². The minimum Gasteiger partial charge on any atom is -0.325 e. The molecule has 0 radical (unpaired) electrons. The predicted molar refractivity (Wildman–Crippen MR) is 38.5 cm³/mol. The highest BCUT2D eigenvalue weighted by atomic mass is 32.1. The zero-order chi connectivity index (χ0) is 6.54. The molecular formula is C6H8N2S. The van der Waals surface area contributed by atoms with Crippen LogP contribution in [0.15, 0.2) is 4.99 Å². The van der Waals surface area contributed by atoms with Crippen LogP contribution in [0.2, 0.25) is 0 Å². The molecule has 0 aromatic carbocycles. The molecule has 3 aliphatic rings. The molecule has 9 heavy (non-hydrogen) atoms. The summed E-state index contributed by atoms with van der Waals surface area (Å²) in [6.45, 7) is 0. The molecule has 2 N–H and O–H groups in total. The third-order valence-electron chi connectivity index (χ3n) is 2.33. The molecule has 0 amide bonds. The van der Waals surface area contributed by atoms with Gasteiger partial charge in [-0.2, -0.15) is 0 Å². The summed E-state index contributed by atoms with van der Waals surface area (Å²) in [6, 6.07) is 0. The van der Waals surface area contributed by atoms with Crippen molar-refractivity contribution in [2.24, 2.45) is 10.7 Å². The Bertz CT molecular complexity index is 185. The lowest BCUT2D eigenvalue weighted by Gasteiger charge is -2.65. The van der Waals surface area contributed by atoms with E-state index in [1.807, 2.05) is 0 Å². The minimum atomic E-state index is 0.148. The van der Waals surface area contributed by atoms with Crippen molar-refractivity contribution in [3.05, 3.63) is 0 Å². The van der Waals surface area contributed by atoms with Gasteiger partial charge in [-0.25, -0.2) is 4.99 Å². The van der Waals surface area contributed by atoms with E-state index >= 15 is 0 Å². The molecule has 3 saturated carbocycles. The lowest BCUT2D eigenvalue weighted by molar-refractivity contribution is -0.0460. The van der Waals surface area contributed by atoms with Gasteiger partial charge in [-0.3, -0.25) is 0 Å². The first kappa shape index (κ1) is 5.54. The average Bonchev–Trinajstić information content (AvgIpc) is 1.60. The SMILES string of the molecule is NC12CC(N=C=S)(C1)C2. The van der Waals surface area contributed by atoms with Gasteiger partial charge < -0.3 is 5.73 Å². The fraction of sp³-hybridized carbons (Fsp3) is 0.833. The van der Waals surface area contributed by atoms with Crippen LogP contribution in [0, 0.1) is 0 Å².